The van der Waals surface area contributed by atoms with Gasteiger partial charge >= 0.3 is 0 Å². The van der Waals surface area contributed by atoms with Crippen LogP contribution in [-0.2, 0) is 11.3 Å². The molecule has 0 amide bonds. The van der Waals surface area contributed by atoms with Gasteiger partial charge in [-0.3, -0.25) is 4.90 Å². The molecule has 2 aromatic rings. The van der Waals surface area contributed by atoms with Gasteiger partial charge in [0.25, 0.3) is 0 Å². The largest absolute Gasteiger partial charge is 0.379 e. The Morgan fingerprint density at radius 1 is 1.29 bits per heavy atom. The van der Waals surface area contributed by atoms with Gasteiger partial charge in [-0.25, -0.2) is 9.38 Å². The van der Waals surface area contributed by atoms with Crippen LogP contribution in [0.1, 0.15) is 24.1 Å². The van der Waals surface area contributed by atoms with Crippen LogP contribution >= 0.6 is 35.3 Å². The summed E-state index contributed by atoms with van der Waals surface area (Å²) >= 11 is 1.68. The average molecular weight is 518 g/mol. The summed E-state index contributed by atoms with van der Waals surface area (Å²) in [6.07, 6.45) is 0. The van der Waals surface area contributed by atoms with Crippen LogP contribution in [0.15, 0.2) is 46.1 Å². The van der Waals surface area contributed by atoms with E-state index in [0.717, 1.165) is 31.2 Å². The third kappa shape index (κ3) is 6.98. The van der Waals surface area contributed by atoms with E-state index < -0.39 is 0 Å². The molecule has 5 nitrogen and oxygen atoms in total. The van der Waals surface area contributed by atoms with E-state index in [1.807, 2.05) is 13.0 Å². The minimum Gasteiger partial charge on any atom is -0.379 e. The summed E-state index contributed by atoms with van der Waals surface area (Å²) in [5.41, 5.74) is 2.17. The second-order valence-electron chi connectivity index (χ2n) is 6.43. The standard InChI is InChI=1S/C20H27FN4OS.HI/c1-2-22-20(23-13-16-6-11-27-15-16)24-14-19(25-7-9-26-10-8-25)17-4-3-5-18(21)12-17;/h3-6,11-12,15,19H,2,7-10,13-14H2,1H3,(H2,22,23,24);1H. The van der Waals surface area contributed by atoms with Crippen molar-refractivity contribution in [3.8, 4) is 0 Å². The number of ether oxygens (including phenoxy) is 1. The fourth-order valence-corrected chi connectivity index (χ4v) is 3.81. The van der Waals surface area contributed by atoms with Crippen LogP contribution in [0.4, 0.5) is 4.39 Å². The molecule has 1 unspecified atom stereocenters. The van der Waals surface area contributed by atoms with Crippen LogP contribution in [0.25, 0.3) is 0 Å². The smallest absolute Gasteiger partial charge is 0.191 e. The van der Waals surface area contributed by atoms with E-state index in [9.17, 15) is 4.39 Å². The Balaban J connectivity index is 0.00000280. The number of morpholine rings is 1. The first-order chi connectivity index (χ1) is 13.3. The minimum absolute atomic E-state index is 0. The van der Waals surface area contributed by atoms with Crippen LogP contribution < -0.4 is 10.6 Å². The Morgan fingerprint density at radius 2 is 2.11 bits per heavy atom. The average Bonchev–Trinajstić information content (AvgIpc) is 3.21. The second kappa shape index (κ2) is 12.4. The van der Waals surface area contributed by atoms with Gasteiger partial charge in [0.05, 0.1) is 25.8 Å². The molecule has 2 N–H and O–H groups in total. The Morgan fingerprint density at radius 3 is 2.79 bits per heavy atom. The van der Waals surface area contributed by atoms with E-state index in [1.165, 1.54) is 11.6 Å². The van der Waals surface area contributed by atoms with Crippen LogP contribution in [-0.4, -0.2) is 50.3 Å². The fourth-order valence-electron chi connectivity index (χ4n) is 3.15. The Hall–Kier alpha value is -1.23. The zero-order chi connectivity index (χ0) is 18.9. The third-order valence-electron chi connectivity index (χ3n) is 4.53. The Kier molecular flexibility index (Phi) is 10.2. The topological polar surface area (TPSA) is 48.9 Å². The van der Waals surface area contributed by atoms with Crippen LogP contribution in [0.3, 0.4) is 0 Å². The predicted molar refractivity (Wildman–Crippen MR) is 124 cm³/mol. The maximum atomic E-state index is 13.8. The Labute approximate surface area is 187 Å². The summed E-state index contributed by atoms with van der Waals surface area (Å²) in [7, 11) is 0. The highest BCUT2D eigenvalue weighted by Gasteiger charge is 2.23. The molecular weight excluding hydrogens is 490 g/mol. The zero-order valence-corrected chi connectivity index (χ0v) is 19.2. The van der Waals surface area contributed by atoms with Gasteiger partial charge in [-0.2, -0.15) is 11.3 Å². The number of nitrogens with zero attached hydrogens (tertiary/aromatic N) is 2. The number of hydrogen-bond acceptors (Lipinski definition) is 4. The van der Waals surface area contributed by atoms with Crippen LogP contribution in [0, 0.1) is 5.82 Å². The van der Waals surface area contributed by atoms with E-state index in [2.05, 4.69) is 37.4 Å². The molecule has 28 heavy (non-hydrogen) atoms. The SMILES string of the molecule is CCNC(=NCc1ccsc1)NCC(c1cccc(F)c1)N1CCOCC1.I. The van der Waals surface area contributed by atoms with Gasteiger partial charge in [0.1, 0.15) is 5.82 Å². The van der Waals surface area contributed by atoms with Crippen molar-refractivity contribution in [1.29, 1.82) is 0 Å². The molecule has 8 heteroatoms. The molecule has 1 fully saturated rings. The molecule has 0 spiro atoms. The number of hydrogen-bond donors (Lipinski definition) is 2. The number of aliphatic imine (C=N–C) groups is 1. The van der Waals surface area contributed by atoms with Gasteiger partial charge < -0.3 is 15.4 Å². The molecule has 154 valence electrons. The minimum atomic E-state index is -0.205. The summed E-state index contributed by atoms with van der Waals surface area (Å²) in [6.45, 7) is 7.22. The lowest BCUT2D eigenvalue weighted by molar-refractivity contribution is 0.0169. The Bertz CT molecular complexity index is 723. The van der Waals surface area contributed by atoms with E-state index >= 15 is 0 Å². The maximum Gasteiger partial charge on any atom is 0.191 e. The van der Waals surface area contributed by atoms with Gasteiger partial charge in [0.2, 0.25) is 0 Å². The van der Waals surface area contributed by atoms with Crippen molar-refractivity contribution < 1.29 is 9.13 Å². The van der Waals surface area contributed by atoms with Gasteiger partial charge in [-0.15, -0.1) is 24.0 Å². The van der Waals surface area contributed by atoms with E-state index in [-0.39, 0.29) is 35.8 Å². The number of halogens is 2. The molecule has 1 aromatic carbocycles. The molecule has 0 bridgehead atoms. The van der Waals surface area contributed by atoms with Gasteiger partial charge in [-0.05, 0) is 47.0 Å². The number of thiophene rings is 1. The van der Waals surface area contributed by atoms with E-state index in [4.69, 9.17) is 4.74 Å². The first-order valence-corrected chi connectivity index (χ1v) is 10.3. The molecule has 0 aliphatic carbocycles. The number of rotatable bonds is 7. The third-order valence-corrected chi connectivity index (χ3v) is 5.26. The molecule has 1 aliphatic heterocycles. The first kappa shape index (κ1) is 23.1. The lowest BCUT2D eigenvalue weighted by Crippen LogP contribution is -2.46. The molecule has 0 radical (unpaired) electrons. The molecule has 1 saturated heterocycles. The van der Waals surface area contributed by atoms with Crippen molar-refractivity contribution >= 4 is 41.3 Å². The van der Waals surface area contributed by atoms with Gasteiger partial charge in [-0.1, -0.05) is 12.1 Å². The summed E-state index contributed by atoms with van der Waals surface area (Å²) in [4.78, 5) is 7.01. The van der Waals surface area contributed by atoms with Crippen molar-refractivity contribution in [3.05, 3.63) is 58.0 Å². The lowest BCUT2D eigenvalue weighted by atomic mass is 10.0. The molecule has 2 heterocycles. The van der Waals surface area contributed by atoms with Crippen molar-refractivity contribution in [2.45, 2.75) is 19.5 Å². The van der Waals surface area contributed by atoms with Crippen molar-refractivity contribution in [1.82, 2.24) is 15.5 Å². The number of nitrogens with one attached hydrogen (secondary N) is 2. The molecule has 3 rings (SSSR count). The molecule has 0 saturated carbocycles. The van der Waals surface area contributed by atoms with Crippen molar-refractivity contribution in [2.75, 3.05) is 39.4 Å². The quantitative estimate of drug-likeness (QED) is 0.334. The van der Waals surface area contributed by atoms with E-state index in [1.54, 1.807) is 23.5 Å². The number of benzene rings is 1. The van der Waals surface area contributed by atoms with Crippen LogP contribution in [0.5, 0.6) is 0 Å². The normalized spacial score (nSPS) is 16.3. The summed E-state index contributed by atoms with van der Waals surface area (Å²) in [6, 6.07) is 9.02. The summed E-state index contributed by atoms with van der Waals surface area (Å²) in [5, 5.41) is 10.9. The first-order valence-electron chi connectivity index (χ1n) is 9.36. The fraction of sp³-hybridized carbons (Fsp3) is 0.450. The summed E-state index contributed by atoms with van der Waals surface area (Å²) < 4.78 is 19.3. The van der Waals surface area contributed by atoms with Crippen LogP contribution in [0.2, 0.25) is 0 Å². The molecular formula is C20H28FIN4OS. The highest BCUT2D eigenvalue weighted by molar-refractivity contribution is 14.0. The predicted octanol–water partition coefficient (Wildman–Crippen LogP) is 3.63. The second-order valence-corrected chi connectivity index (χ2v) is 7.21. The summed E-state index contributed by atoms with van der Waals surface area (Å²) in [5.74, 6) is 0.571. The van der Waals surface area contributed by atoms with Crippen molar-refractivity contribution in [3.63, 3.8) is 0 Å². The molecule has 1 atom stereocenters. The maximum absolute atomic E-state index is 13.8. The number of guanidine groups is 1. The van der Waals surface area contributed by atoms with E-state index in [0.29, 0.717) is 26.3 Å². The molecule has 1 aromatic heterocycles. The monoisotopic (exact) mass is 518 g/mol. The van der Waals surface area contributed by atoms with Crippen molar-refractivity contribution in [2.24, 2.45) is 4.99 Å². The van der Waals surface area contributed by atoms with Gasteiger partial charge in [0.15, 0.2) is 5.96 Å². The zero-order valence-electron chi connectivity index (χ0n) is 16.1. The highest BCUT2D eigenvalue weighted by atomic mass is 127. The molecule has 1 aliphatic rings. The van der Waals surface area contributed by atoms with Gasteiger partial charge in [0, 0.05) is 26.2 Å². The lowest BCUT2D eigenvalue weighted by Gasteiger charge is -2.35. The highest BCUT2D eigenvalue weighted by Crippen LogP contribution is 2.22.